The van der Waals surface area contributed by atoms with Gasteiger partial charge in [-0.1, -0.05) is 0 Å². The first-order valence-corrected chi connectivity index (χ1v) is 7.00. The van der Waals surface area contributed by atoms with Crippen LogP contribution < -0.4 is 5.32 Å². The van der Waals surface area contributed by atoms with Crippen molar-refractivity contribution >= 4 is 39.5 Å². The average Bonchev–Trinajstić information content (AvgIpc) is 2.43. The molecule has 2 N–H and O–H groups in total. The van der Waals surface area contributed by atoms with Crippen molar-refractivity contribution in [3.63, 3.8) is 0 Å². The van der Waals surface area contributed by atoms with Crippen LogP contribution in [0, 0.1) is 0 Å². The average molecular weight is 356 g/mol. The molecule has 0 unspecified atom stereocenters. The van der Waals surface area contributed by atoms with Gasteiger partial charge in [0.2, 0.25) is 5.91 Å². The molecule has 0 saturated carbocycles. The molecule has 0 radical (unpaired) electrons. The number of piperazine rings is 1. The summed E-state index contributed by atoms with van der Waals surface area (Å²) in [5.41, 5.74) is 0.575. The van der Waals surface area contributed by atoms with E-state index in [9.17, 15) is 14.4 Å². The molecule has 1 aromatic rings. The van der Waals surface area contributed by atoms with E-state index in [2.05, 4.69) is 21.2 Å². The van der Waals surface area contributed by atoms with Crippen LogP contribution in [0.3, 0.4) is 0 Å². The molecule has 112 valence electrons. The number of nitrogens with one attached hydrogen (secondary N) is 1. The molecule has 0 atom stereocenters. The number of carboxylic acid groups (broad SMARTS) is 1. The Morgan fingerprint density at radius 1 is 1.33 bits per heavy atom. The van der Waals surface area contributed by atoms with Crippen LogP contribution in [0.15, 0.2) is 22.7 Å². The molecule has 1 fully saturated rings. The number of nitrogens with zero attached hydrogens (tertiary/aromatic N) is 2. The molecule has 2 rings (SSSR count). The summed E-state index contributed by atoms with van der Waals surface area (Å²) in [6.45, 7) is 0.984. The van der Waals surface area contributed by atoms with Crippen LogP contribution in [0.2, 0.25) is 0 Å². The molecule has 0 spiro atoms. The Kier molecular flexibility index (Phi) is 4.46. The van der Waals surface area contributed by atoms with E-state index >= 15 is 0 Å². The van der Waals surface area contributed by atoms with Gasteiger partial charge in [0, 0.05) is 24.6 Å². The minimum Gasteiger partial charge on any atom is -0.478 e. The highest BCUT2D eigenvalue weighted by Gasteiger charge is 2.25. The summed E-state index contributed by atoms with van der Waals surface area (Å²) >= 11 is 3.22. The van der Waals surface area contributed by atoms with Gasteiger partial charge in [0.15, 0.2) is 0 Å². The third kappa shape index (κ3) is 3.52. The zero-order valence-electron chi connectivity index (χ0n) is 11.3. The van der Waals surface area contributed by atoms with Crippen molar-refractivity contribution in [2.24, 2.45) is 0 Å². The number of carbonyl (C=O) groups is 3. The van der Waals surface area contributed by atoms with Gasteiger partial charge in [-0.2, -0.15) is 0 Å². The molecule has 3 amide bonds. The maximum atomic E-state index is 12.1. The summed E-state index contributed by atoms with van der Waals surface area (Å²) in [7, 11) is 1.69. The number of halogens is 1. The zero-order chi connectivity index (χ0) is 15.6. The van der Waals surface area contributed by atoms with E-state index in [1.54, 1.807) is 11.9 Å². The van der Waals surface area contributed by atoms with Crippen molar-refractivity contribution in [2.75, 3.05) is 32.0 Å². The van der Waals surface area contributed by atoms with Crippen LogP contribution in [-0.4, -0.2) is 59.5 Å². The number of amides is 3. The van der Waals surface area contributed by atoms with Gasteiger partial charge in [0.25, 0.3) is 0 Å². The Hall–Kier alpha value is -2.09. The number of carbonyl (C=O) groups excluding carboxylic acids is 2. The molecule has 0 bridgehead atoms. The van der Waals surface area contributed by atoms with Gasteiger partial charge in [-0.05, 0) is 34.1 Å². The fourth-order valence-electron chi connectivity index (χ4n) is 1.88. The number of hydrogen-bond donors (Lipinski definition) is 2. The largest absolute Gasteiger partial charge is 0.478 e. The molecule has 0 aliphatic carbocycles. The number of aromatic carboxylic acids is 1. The lowest BCUT2D eigenvalue weighted by Gasteiger charge is -2.32. The number of carboxylic acids is 1. The van der Waals surface area contributed by atoms with Gasteiger partial charge in [0.1, 0.15) is 6.54 Å². The Morgan fingerprint density at radius 2 is 2.05 bits per heavy atom. The molecule has 7 nitrogen and oxygen atoms in total. The minimum absolute atomic E-state index is 0.0349. The fourth-order valence-corrected chi connectivity index (χ4v) is 2.35. The van der Waals surface area contributed by atoms with Gasteiger partial charge in [-0.15, -0.1) is 0 Å². The first kappa shape index (κ1) is 15.3. The van der Waals surface area contributed by atoms with E-state index in [1.807, 2.05) is 0 Å². The van der Waals surface area contributed by atoms with Gasteiger partial charge >= 0.3 is 12.0 Å². The van der Waals surface area contributed by atoms with Crippen molar-refractivity contribution in [2.45, 2.75) is 0 Å². The molecule has 1 heterocycles. The molecule has 1 saturated heterocycles. The van der Waals surface area contributed by atoms with Crippen molar-refractivity contribution in [3.05, 3.63) is 28.2 Å². The van der Waals surface area contributed by atoms with Gasteiger partial charge in [0.05, 0.1) is 11.3 Å². The van der Waals surface area contributed by atoms with E-state index in [1.165, 1.54) is 23.1 Å². The van der Waals surface area contributed by atoms with Crippen molar-refractivity contribution < 1.29 is 19.5 Å². The molecule has 1 aromatic carbocycles. The van der Waals surface area contributed by atoms with Gasteiger partial charge in [-0.25, -0.2) is 9.59 Å². The van der Waals surface area contributed by atoms with Crippen LogP contribution in [0.4, 0.5) is 10.5 Å². The lowest BCUT2D eigenvalue weighted by Crippen LogP contribution is -2.51. The number of urea groups is 1. The maximum absolute atomic E-state index is 12.1. The molecule has 8 heteroatoms. The van der Waals surface area contributed by atoms with E-state index in [0.29, 0.717) is 23.2 Å². The Balaban J connectivity index is 2.06. The summed E-state index contributed by atoms with van der Waals surface area (Å²) in [5, 5.41) is 11.5. The highest BCUT2D eigenvalue weighted by molar-refractivity contribution is 9.10. The molecule has 1 aliphatic rings. The number of anilines is 1. The Bertz CT molecular complexity index is 605. The predicted molar refractivity (Wildman–Crippen MR) is 79.3 cm³/mol. The SMILES string of the molecule is CN1CCN(C(=O)Nc2ccc(C(=O)O)cc2Br)CC1=O. The highest BCUT2D eigenvalue weighted by atomic mass is 79.9. The van der Waals surface area contributed by atoms with Crippen molar-refractivity contribution in [3.8, 4) is 0 Å². The van der Waals surface area contributed by atoms with E-state index in [4.69, 9.17) is 5.11 Å². The second kappa shape index (κ2) is 6.13. The Labute approximate surface area is 129 Å². The Morgan fingerprint density at radius 3 is 2.62 bits per heavy atom. The summed E-state index contributed by atoms with van der Waals surface area (Å²) in [6, 6.07) is 3.93. The van der Waals surface area contributed by atoms with Crippen LogP contribution in [-0.2, 0) is 4.79 Å². The first-order valence-electron chi connectivity index (χ1n) is 6.21. The van der Waals surface area contributed by atoms with E-state index < -0.39 is 5.97 Å². The summed E-state index contributed by atoms with van der Waals surface area (Å²) in [5.74, 6) is -1.16. The lowest BCUT2D eigenvalue weighted by atomic mass is 10.2. The normalized spacial score (nSPS) is 15.0. The molecular weight excluding hydrogens is 342 g/mol. The van der Waals surface area contributed by atoms with E-state index in [-0.39, 0.29) is 24.0 Å². The highest BCUT2D eigenvalue weighted by Crippen LogP contribution is 2.24. The third-order valence-corrected chi connectivity index (χ3v) is 3.86. The maximum Gasteiger partial charge on any atom is 0.335 e. The number of hydrogen-bond acceptors (Lipinski definition) is 3. The second-order valence-corrected chi connectivity index (χ2v) is 5.52. The number of likely N-dealkylation sites (N-methyl/N-ethyl adjacent to an activating group) is 1. The molecule has 0 aromatic heterocycles. The molecule has 21 heavy (non-hydrogen) atoms. The summed E-state index contributed by atoms with van der Waals surface area (Å²) in [4.78, 5) is 37.5. The van der Waals surface area contributed by atoms with E-state index in [0.717, 1.165) is 0 Å². The second-order valence-electron chi connectivity index (χ2n) is 4.67. The topological polar surface area (TPSA) is 89.9 Å². The molecule has 1 aliphatic heterocycles. The van der Waals surface area contributed by atoms with Gasteiger partial charge in [-0.3, -0.25) is 4.79 Å². The first-order chi connectivity index (χ1) is 9.88. The molecular formula is C13H14BrN3O4. The van der Waals surface area contributed by atoms with Crippen molar-refractivity contribution in [1.82, 2.24) is 9.80 Å². The van der Waals surface area contributed by atoms with Crippen molar-refractivity contribution in [1.29, 1.82) is 0 Å². The van der Waals surface area contributed by atoms with Crippen LogP contribution in [0.25, 0.3) is 0 Å². The quantitative estimate of drug-likeness (QED) is 0.840. The lowest BCUT2D eigenvalue weighted by molar-refractivity contribution is -0.133. The monoisotopic (exact) mass is 355 g/mol. The zero-order valence-corrected chi connectivity index (χ0v) is 12.9. The van der Waals surface area contributed by atoms with Gasteiger partial charge < -0.3 is 20.2 Å². The standard InChI is InChI=1S/C13H14BrN3O4/c1-16-4-5-17(7-11(16)18)13(21)15-10-3-2-8(12(19)20)6-9(10)14/h2-3,6H,4-5,7H2,1H3,(H,15,21)(H,19,20). The summed E-state index contributed by atoms with van der Waals surface area (Å²) in [6.07, 6.45) is 0. The summed E-state index contributed by atoms with van der Waals surface area (Å²) < 4.78 is 0.469. The number of rotatable bonds is 2. The smallest absolute Gasteiger partial charge is 0.335 e. The van der Waals surface area contributed by atoms with Crippen LogP contribution in [0.1, 0.15) is 10.4 Å². The van der Waals surface area contributed by atoms with Crippen LogP contribution in [0.5, 0.6) is 0 Å². The fraction of sp³-hybridized carbons (Fsp3) is 0.308. The predicted octanol–water partition coefficient (Wildman–Crippen LogP) is 1.45. The third-order valence-electron chi connectivity index (χ3n) is 3.20. The number of benzene rings is 1. The van der Waals surface area contributed by atoms with Crippen LogP contribution >= 0.6 is 15.9 Å². The minimum atomic E-state index is -1.04.